The number of aromatic nitrogens is 4. The van der Waals surface area contributed by atoms with Gasteiger partial charge in [0.2, 0.25) is 5.89 Å². The van der Waals surface area contributed by atoms with Crippen LogP contribution in [0.15, 0.2) is 15.3 Å². The zero-order chi connectivity index (χ0) is 16.8. The van der Waals surface area contributed by atoms with Gasteiger partial charge in [0.05, 0.1) is 16.5 Å². The number of aromatic amines is 1. The lowest BCUT2D eigenvalue weighted by Gasteiger charge is -2.30. The molecule has 1 saturated heterocycles. The number of piperidine rings is 1. The normalized spacial score (nSPS) is 18.4. The fourth-order valence-corrected chi connectivity index (χ4v) is 4.34. The van der Waals surface area contributed by atoms with Crippen LogP contribution in [0.3, 0.4) is 0 Å². The maximum atomic E-state index is 12.9. The van der Waals surface area contributed by atoms with E-state index in [1.165, 1.54) is 11.3 Å². The van der Waals surface area contributed by atoms with Crippen LogP contribution >= 0.6 is 11.3 Å². The second-order valence-electron chi connectivity index (χ2n) is 6.08. The molecule has 0 bridgehead atoms. The van der Waals surface area contributed by atoms with E-state index in [1.807, 2.05) is 29.6 Å². The van der Waals surface area contributed by atoms with Crippen LogP contribution in [0.25, 0.3) is 10.2 Å². The van der Waals surface area contributed by atoms with E-state index in [9.17, 15) is 9.59 Å². The van der Waals surface area contributed by atoms with Crippen molar-refractivity contribution < 1.29 is 9.21 Å². The van der Waals surface area contributed by atoms with Crippen molar-refractivity contribution in [3.05, 3.63) is 33.1 Å². The Morgan fingerprint density at radius 1 is 1.50 bits per heavy atom. The highest BCUT2D eigenvalue weighted by Crippen LogP contribution is 2.31. The summed E-state index contributed by atoms with van der Waals surface area (Å²) >= 11 is 1.46. The van der Waals surface area contributed by atoms with E-state index >= 15 is 0 Å². The molecular formula is C15H17N5O3S. The van der Waals surface area contributed by atoms with Crippen LogP contribution in [0.5, 0.6) is 0 Å². The lowest BCUT2D eigenvalue weighted by atomic mass is 9.98. The summed E-state index contributed by atoms with van der Waals surface area (Å²) in [5.74, 6) is -0.201. The smallest absolute Gasteiger partial charge is 0.392 e. The Bertz CT molecular complexity index is 931. The molecule has 1 amide bonds. The van der Waals surface area contributed by atoms with Crippen LogP contribution < -0.4 is 5.76 Å². The number of amides is 1. The van der Waals surface area contributed by atoms with Crippen LogP contribution in [0.1, 0.15) is 40.0 Å². The molecular weight excluding hydrogens is 330 g/mol. The van der Waals surface area contributed by atoms with Crippen LogP contribution in [0, 0.1) is 6.92 Å². The third-order valence-corrected chi connectivity index (χ3v) is 5.61. The molecule has 1 aliphatic heterocycles. The van der Waals surface area contributed by atoms with E-state index in [1.54, 1.807) is 0 Å². The number of likely N-dealkylation sites (tertiary alicyclic amines) is 1. The summed E-state index contributed by atoms with van der Waals surface area (Å²) in [6, 6.07) is 1.92. The average molecular weight is 347 g/mol. The standard InChI is InChI=1S/C15H17N5O3S/c1-8-10-6-11(24-14(10)19(2)18-8)13(21)20-5-3-4-9(7-20)12-16-17-15(22)23-12/h6,9H,3-5,7H2,1-2H3,(H,17,22). The van der Waals surface area contributed by atoms with Crippen LogP contribution in [-0.2, 0) is 7.05 Å². The Hall–Kier alpha value is -2.42. The van der Waals surface area contributed by atoms with Crippen molar-refractivity contribution in [2.24, 2.45) is 7.05 Å². The zero-order valence-electron chi connectivity index (χ0n) is 13.4. The minimum Gasteiger partial charge on any atom is -0.392 e. The highest BCUT2D eigenvalue weighted by Gasteiger charge is 2.29. The maximum Gasteiger partial charge on any atom is 0.434 e. The highest BCUT2D eigenvalue weighted by atomic mass is 32.1. The van der Waals surface area contributed by atoms with E-state index in [0.29, 0.717) is 23.9 Å². The monoisotopic (exact) mass is 347 g/mol. The van der Waals surface area contributed by atoms with Gasteiger partial charge in [0.15, 0.2) is 0 Å². The van der Waals surface area contributed by atoms with Gasteiger partial charge in [0, 0.05) is 25.5 Å². The molecule has 1 fully saturated rings. The number of thiophene rings is 1. The van der Waals surface area contributed by atoms with Gasteiger partial charge < -0.3 is 9.32 Å². The third kappa shape index (κ3) is 2.44. The van der Waals surface area contributed by atoms with E-state index < -0.39 is 5.76 Å². The van der Waals surface area contributed by atoms with Crippen molar-refractivity contribution in [3.63, 3.8) is 0 Å². The number of hydrogen-bond acceptors (Lipinski definition) is 6. The quantitative estimate of drug-likeness (QED) is 0.760. The largest absolute Gasteiger partial charge is 0.434 e. The first-order chi connectivity index (χ1) is 11.5. The van der Waals surface area contributed by atoms with Crippen LogP contribution in [-0.4, -0.2) is 43.9 Å². The molecule has 8 nitrogen and oxygen atoms in total. The summed E-state index contributed by atoms with van der Waals surface area (Å²) < 4.78 is 6.86. The number of carbonyl (C=O) groups is 1. The first-order valence-corrected chi connectivity index (χ1v) is 8.62. The fraction of sp³-hybridized carbons (Fsp3) is 0.467. The molecule has 1 atom stereocenters. The van der Waals surface area contributed by atoms with Crippen molar-refractivity contribution >= 4 is 27.5 Å². The van der Waals surface area contributed by atoms with Gasteiger partial charge in [-0.2, -0.15) is 5.10 Å². The second-order valence-corrected chi connectivity index (χ2v) is 7.11. The number of carbonyl (C=O) groups excluding carboxylic acids is 1. The lowest BCUT2D eigenvalue weighted by molar-refractivity contribution is 0.0703. The van der Waals surface area contributed by atoms with Gasteiger partial charge in [-0.05, 0) is 25.8 Å². The van der Waals surface area contributed by atoms with Crippen molar-refractivity contribution in [3.8, 4) is 0 Å². The minimum atomic E-state index is -0.555. The summed E-state index contributed by atoms with van der Waals surface area (Å²) in [5.41, 5.74) is 0.928. The van der Waals surface area contributed by atoms with Gasteiger partial charge in [0.25, 0.3) is 5.91 Å². The SMILES string of the molecule is Cc1nn(C)c2sc(C(=O)N3CCCC(c4n[nH]c(=O)o4)C3)cc12. The minimum absolute atomic E-state index is 0.0122. The Morgan fingerprint density at radius 2 is 2.33 bits per heavy atom. The number of aryl methyl sites for hydroxylation is 2. The lowest BCUT2D eigenvalue weighted by Crippen LogP contribution is -2.38. The van der Waals surface area contributed by atoms with E-state index in [-0.39, 0.29) is 11.8 Å². The molecule has 1 aliphatic rings. The Balaban J connectivity index is 1.58. The van der Waals surface area contributed by atoms with Gasteiger partial charge in [-0.25, -0.2) is 9.89 Å². The van der Waals surface area contributed by atoms with Crippen LogP contribution in [0.4, 0.5) is 0 Å². The van der Waals surface area contributed by atoms with Crippen molar-refractivity contribution in [1.29, 1.82) is 0 Å². The van der Waals surface area contributed by atoms with E-state index in [2.05, 4.69) is 15.3 Å². The molecule has 0 saturated carbocycles. The first kappa shape index (κ1) is 15.1. The molecule has 0 spiro atoms. The molecule has 0 radical (unpaired) electrons. The Morgan fingerprint density at radius 3 is 3.04 bits per heavy atom. The fourth-order valence-electron chi connectivity index (χ4n) is 3.25. The maximum absolute atomic E-state index is 12.9. The molecule has 0 aromatic carbocycles. The number of nitrogens with zero attached hydrogens (tertiary/aromatic N) is 4. The van der Waals surface area contributed by atoms with Gasteiger partial charge in [-0.15, -0.1) is 16.4 Å². The van der Waals surface area contributed by atoms with Crippen molar-refractivity contribution in [2.45, 2.75) is 25.7 Å². The zero-order valence-corrected chi connectivity index (χ0v) is 14.2. The number of H-pyrrole nitrogens is 1. The average Bonchev–Trinajstić information content (AvgIpc) is 3.25. The predicted molar refractivity (Wildman–Crippen MR) is 88.3 cm³/mol. The predicted octanol–water partition coefficient (Wildman–Crippen LogP) is 1.64. The summed E-state index contributed by atoms with van der Waals surface area (Å²) in [6.07, 6.45) is 1.71. The molecule has 3 aromatic heterocycles. The topological polar surface area (TPSA) is 97.0 Å². The van der Waals surface area contributed by atoms with Gasteiger partial charge in [0.1, 0.15) is 4.83 Å². The van der Waals surface area contributed by atoms with Gasteiger partial charge >= 0.3 is 5.76 Å². The molecule has 3 aromatic rings. The van der Waals surface area contributed by atoms with E-state index in [0.717, 1.165) is 28.8 Å². The molecule has 1 N–H and O–H groups in total. The van der Waals surface area contributed by atoms with Gasteiger partial charge in [-0.1, -0.05) is 0 Å². The van der Waals surface area contributed by atoms with E-state index in [4.69, 9.17) is 4.42 Å². The number of nitrogens with one attached hydrogen (secondary N) is 1. The molecule has 126 valence electrons. The number of hydrogen-bond donors (Lipinski definition) is 1. The molecule has 4 rings (SSSR count). The summed E-state index contributed by atoms with van der Waals surface area (Å²) in [6.45, 7) is 3.16. The Labute approximate surface area is 141 Å². The molecule has 24 heavy (non-hydrogen) atoms. The summed E-state index contributed by atoms with van der Waals surface area (Å²) in [7, 11) is 1.89. The van der Waals surface area contributed by atoms with Crippen molar-refractivity contribution in [2.75, 3.05) is 13.1 Å². The van der Waals surface area contributed by atoms with Crippen LogP contribution in [0.2, 0.25) is 0 Å². The summed E-state index contributed by atoms with van der Waals surface area (Å²) in [5, 5.41) is 11.6. The highest BCUT2D eigenvalue weighted by molar-refractivity contribution is 7.20. The first-order valence-electron chi connectivity index (χ1n) is 7.80. The summed E-state index contributed by atoms with van der Waals surface area (Å²) in [4.78, 5) is 27.5. The molecule has 0 aliphatic carbocycles. The number of rotatable bonds is 2. The van der Waals surface area contributed by atoms with Gasteiger partial charge in [-0.3, -0.25) is 9.48 Å². The molecule has 9 heteroatoms. The van der Waals surface area contributed by atoms with Crippen molar-refractivity contribution in [1.82, 2.24) is 24.9 Å². The molecule has 4 heterocycles. The number of fused-ring (bicyclic) bond motifs is 1. The molecule has 1 unspecified atom stereocenters. The second kappa shape index (κ2) is 5.59. The Kier molecular flexibility index (Phi) is 3.52. The third-order valence-electron chi connectivity index (χ3n) is 4.42.